The molecule has 0 bridgehead atoms. The van der Waals surface area contributed by atoms with E-state index in [9.17, 15) is 15.0 Å². The molecule has 1 aliphatic heterocycles. The van der Waals surface area contributed by atoms with E-state index in [0.29, 0.717) is 19.5 Å². The van der Waals surface area contributed by atoms with Gasteiger partial charge in [-0.2, -0.15) is 0 Å². The lowest BCUT2D eigenvalue weighted by Gasteiger charge is -2.44. The average Bonchev–Trinajstić information content (AvgIpc) is 3.22. The first-order chi connectivity index (χ1) is 16.9. The van der Waals surface area contributed by atoms with E-state index >= 15 is 0 Å². The summed E-state index contributed by atoms with van der Waals surface area (Å²) < 4.78 is 6.13. The van der Waals surface area contributed by atoms with E-state index in [4.69, 9.17) is 9.84 Å². The molecule has 0 aromatic rings. The normalized spacial score (nSPS) is 20.7. The number of aliphatic hydroxyl groups excluding tert-OH is 1. The molecule has 1 aliphatic carbocycles. The number of carbonyl (C=O) groups is 1. The van der Waals surface area contributed by atoms with Gasteiger partial charge in [0, 0.05) is 26.1 Å². The molecule has 1 heterocycles. The quantitative estimate of drug-likeness (QED) is 0.124. The van der Waals surface area contributed by atoms with Gasteiger partial charge in [-0.05, 0) is 56.8 Å². The van der Waals surface area contributed by atoms with E-state index in [1.165, 1.54) is 51.4 Å². The fourth-order valence-corrected chi connectivity index (χ4v) is 6.15. The Morgan fingerprint density at radius 1 is 0.914 bits per heavy atom. The summed E-state index contributed by atoms with van der Waals surface area (Å²) in [5.41, 5.74) is 0.157. The predicted molar refractivity (Wildman–Crippen MR) is 141 cm³/mol. The van der Waals surface area contributed by atoms with Crippen molar-refractivity contribution in [1.29, 1.82) is 0 Å². The topological polar surface area (TPSA) is 90.2 Å². The summed E-state index contributed by atoms with van der Waals surface area (Å²) in [5.74, 6) is -1.76. The molecule has 206 valence electrons. The van der Waals surface area contributed by atoms with E-state index < -0.39 is 5.91 Å². The number of likely N-dealkylation sites (tertiary alicyclic amines) is 1. The first kappa shape index (κ1) is 30.5. The molecule has 1 unspecified atom stereocenters. The highest BCUT2D eigenvalue weighted by molar-refractivity contribution is 5.72. The molecule has 0 aromatic carbocycles. The number of carbonyl (C=O) groups excluding carboxylic acids is 1. The highest BCUT2D eigenvalue weighted by Crippen LogP contribution is 2.48. The molecule has 35 heavy (non-hydrogen) atoms. The summed E-state index contributed by atoms with van der Waals surface area (Å²) in [4.78, 5) is 14.9. The molecule has 0 amide bonds. The fourth-order valence-electron chi connectivity index (χ4n) is 6.15. The van der Waals surface area contributed by atoms with Gasteiger partial charge >= 0.3 is 5.97 Å². The maximum atomic E-state index is 13.2. The Bertz CT molecular complexity index is 559. The van der Waals surface area contributed by atoms with Crippen LogP contribution in [0.1, 0.15) is 136 Å². The van der Waals surface area contributed by atoms with Crippen molar-refractivity contribution in [2.24, 2.45) is 11.3 Å². The minimum Gasteiger partial charge on any atom is -0.462 e. The molecule has 6 nitrogen and oxygen atoms in total. The van der Waals surface area contributed by atoms with Crippen LogP contribution >= 0.6 is 0 Å². The number of unbranched alkanes of at least 4 members (excludes halogenated alkanes) is 8. The molecule has 1 saturated carbocycles. The Hall–Kier alpha value is -0.690. The van der Waals surface area contributed by atoms with E-state index in [-0.39, 0.29) is 36.4 Å². The lowest BCUT2D eigenvalue weighted by Crippen LogP contribution is -2.53. The third-order valence-corrected chi connectivity index (χ3v) is 8.59. The highest BCUT2D eigenvalue weighted by atomic mass is 16.5. The summed E-state index contributed by atoms with van der Waals surface area (Å²) in [6, 6.07) is 0. The largest absolute Gasteiger partial charge is 0.462 e. The van der Waals surface area contributed by atoms with Crippen molar-refractivity contribution in [3.63, 3.8) is 0 Å². The lowest BCUT2D eigenvalue weighted by molar-refractivity contribution is -0.276. The second-order valence-electron chi connectivity index (χ2n) is 11.5. The number of aliphatic hydroxyl groups is 3. The van der Waals surface area contributed by atoms with Crippen molar-refractivity contribution in [3.05, 3.63) is 0 Å². The molecule has 1 saturated heterocycles. The molecule has 1 spiro atoms. The molecule has 0 radical (unpaired) electrons. The zero-order valence-corrected chi connectivity index (χ0v) is 22.8. The molecular formula is C29H55NO5. The van der Waals surface area contributed by atoms with Gasteiger partial charge < -0.3 is 20.1 Å². The monoisotopic (exact) mass is 497 g/mol. The molecule has 3 N–H and O–H groups in total. The summed E-state index contributed by atoms with van der Waals surface area (Å²) in [5, 5.41) is 29.8. The first-order valence-corrected chi connectivity index (χ1v) is 14.9. The number of nitrogens with zero attached hydrogens (tertiary/aromatic N) is 1. The van der Waals surface area contributed by atoms with Crippen molar-refractivity contribution in [2.75, 3.05) is 19.7 Å². The van der Waals surface area contributed by atoms with E-state index in [1.807, 2.05) is 0 Å². The Morgan fingerprint density at radius 3 is 2.03 bits per heavy atom. The maximum Gasteiger partial charge on any atom is 0.309 e. The van der Waals surface area contributed by atoms with E-state index in [0.717, 1.165) is 57.8 Å². The second-order valence-corrected chi connectivity index (χ2v) is 11.5. The van der Waals surface area contributed by atoms with Crippen LogP contribution in [-0.2, 0) is 9.53 Å². The van der Waals surface area contributed by atoms with Crippen molar-refractivity contribution in [1.82, 2.24) is 4.90 Å². The number of hydrogen-bond acceptors (Lipinski definition) is 6. The average molecular weight is 498 g/mol. The van der Waals surface area contributed by atoms with Crippen LogP contribution in [0, 0.1) is 11.3 Å². The SMILES string of the molecule is CCCCCCCC(CCCCCCC)C(=O)OC1CCC2(CCN(C(O)(O)CCCO)CC2)C1. The smallest absolute Gasteiger partial charge is 0.309 e. The second kappa shape index (κ2) is 16.2. The summed E-state index contributed by atoms with van der Waals surface area (Å²) in [6.45, 7) is 5.70. The van der Waals surface area contributed by atoms with Gasteiger partial charge in [0.25, 0.3) is 0 Å². The van der Waals surface area contributed by atoms with Gasteiger partial charge in [0.2, 0.25) is 5.91 Å². The molecule has 2 rings (SSSR count). The zero-order valence-electron chi connectivity index (χ0n) is 22.8. The van der Waals surface area contributed by atoms with Crippen LogP contribution in [0.4, 0.5) is 0 Å². The van der Waals surface area contributed by atoms with Crippen LogP contribution in [0.15, 0.2) is 0 Å². The minimum absolute atomic E-state index is 0.0131. The Morgan fingerprint density at radius 2 is 1.49 bits per heavy atom. The van der Waals surface area contributed by atoms with E-state index in [2.05, 4.69) is 13.8 Å². The van der Waals surface area contributed by atoms with Gasteiger partial charge in [0.1, 0.15) is 6.10 Å². The van der Waals surface area contributed by atoms with Crippen molar-refractivity contribution >= 4 is 5.97 Å². The van der Waals surface area contributed by atoms with Crippen LogP contribution in [0.25, 0.3) is 0 Å². The molecule has 2 fully saturated rings. The van der Waals surface area contributed by atoms with Crippen molar-refractivity contribution in [3.8, 4) is 0 Å². The third-order valence-electron chi connectivity index (χ3n) is 8.59. The summed E-state index contributed by atoms with van der Waals surface area (Å²) in [6.07, 6.45) is 19.4. The number of piperidine rings is 1. The standard InChI is InChI=1S/C29H55NO5/c1-3-5-7-9-11-14-25(15-12-10-8-6-4-2)27(32)35-26-16-18-28(24-26)19-21-30(22-20-28)29(33,34)17-13-23-31/h25-26,31,33-34H,3-24H2,1-2H3. The van der Waals surface area contributed by atoms with Crippen LogP contribution in [0.2, 0.25) is 0 Å². The first-order valence-electron chi connectivity index (χ1n) is 14.9. The van der Waals surface area contributed by atoms with Gasteiger partial charge in [-0.3, -0.25) is 9.69 Å². The van der Waals surface area contributed by atoms with Crippen LogP contribution in [-0.4, -0.2) is 57.9 Å². The number of esters is 1. The number of ether oxygens (including phenoxy) is 1. The zero-order chi connectivity index (χ0) is 25.6. The third kappa shape index (κ3) is 10.7. The number of rotatable bonds is 18. The van der Waals surface area contributed by atoms with Gasteiger partial charge in [-0.1, -0.05) is 78.1 Å². The molecule has 6 heteroatoms. The predicted octanol–water partition coefficient (Wildman–Crippen LogP) is 5.91. The Kier molecular flexibility index (Phi) is 14.1. The van der Waals surface area contributed by atoms with Crippen LogP contribution in [0.5, 0.6) is 0 Å². The summed E-state index contributed by atoms with van der Waals surface area (Å²) in [7, 11) is 0. The maximum absolute atomic E-state index is 13.2. The van der Waals surface area contributed by atoms with Crippen molar-refractivity contribution < 1.29 is 24.9 Å². The van der Waals surface area contributed by atoms with Gasteiger partial charge in [-0.15, -0.1) is 0 Å². The molecule has 1 atom stereocenters. The van der Waals surface area contributed by atoms with E-state index in [1.54, 1.807) is 4.90 Å². The number of hydrogen-bond donors (Lipinski definition) is 3. The minimum atomic E-state index is -1.84. The Labute approximate surface area is 214 Å². The fraction of sp³-hybridized carbons (Fsp3) is 0.966. The molecule has 2 aliphatic rings. The molecular weight excluding hydrogens is 442 g/mol. The van der Waals surface area contributed by atoms with Crippen LogP contribution < -0.4 is 0 Å². The Balaban J connectivity index is 1.80. The van der Waals surface area contributed by atoms with Gasteiger partial charge in [0.15, 0.2) is 0 Å². The molecule has 0 aromatic heterocycles. The van der Waals surface area contributed by atoms with Gasteiger partial charge in [-0.25, -0.2) is 0 Å². The summed E-state index contributed by atoms with van der Waals surface area (Å²) >= 11 is 0. The van der Waals surface area contributed by atoms with Gasteiger partial charge in [0.05, 0.1) is 5.92 Å². The lowest BCUT2D eigenvalue weighted by atomic mass is 9.76. The van der Waals surface area contributed by atoms with Crippen molar-refractivity contribution in [2.45, 2.75) is 148 Å². The highest BCUT2D eigenvalue weighted by Gasteiger charge is 2.45. The van der Waals surface area contributed by atoms with Crippen LogP contribution in [0.3, 0.4) is 0 Å².